The molecule has 8 N–H and O–H groups in total. The molecule has 1 aromatic heterocycles. The minimum Gasteiger partial charge on any atom is -0.387 e. The van der Waals surface area contributed by atoms with Gasteiger partial charge in [-0.25, -0.2) is 18.7 Å². The lowest BCUT2D eigenvalue weighted by Crippen LogP contribution is -2.33. The largest absolute Gasteiger partial charge is 0.490 e. The lowest BCUT2D eigenvalue weighted by molar-refractivity contribution is -0.0532. The van der Waals surface area contributed by atoms with Crippen LogP contribution in [-0.2, 0) is 31.6 Å². The highest BCUT2D eigenvalue weighted by atomic mass is 32.1. The number of aromatic nitrogens is 2. The van der Waals surface area contributed by atoms with E-state index in [0.717, 1.165) is 4.57 Å². The van der Waals surface area contributed by atoms with Gasteiger partial charge in [0.2, 0.25) is 4.77 Å². The van der Waals surface area contributed by atoms with Gasteiger partial charge in [0.1, 0.15) is 24.1 Å². The molecule has 0 spiro atoms. The molecule has 20 heteroatoms. The Bertz CT molecular complexity index is 951. The molecule has 1 aromatic rings. The number of anilines is 1. The Balaban J connectivity index is 2.05. The number of aliphatic hydroxyl groups is 2. The highest BCUT2D eigenvalue weighted by Gasteiger charge is 2.46. The van der Waals surface area contributed by atoms with Crippen molar-refractivity contribution in [1.29, 1.82) is 0 Å². The fraction of sp³-hybridized carbons (Fsp3) is 0.556. The topological polar surface area (TPSA) is 253 Å². The van der Waals surface area contributed by atoms with E-state index in [4.69, 9.17) is 37.4 Å². The monoisotopic (exact) mass is 499 g/mol. The van der Waals surface area contributed by atoms with Crippen LogP contribution < -0.4 is 5.73 Å². The summed E-state index contributed by atoms with van der Waals surface area (Å²) in [5, 5.41) is 20.1. The zero-order chi connectivity index (χ0) is 22.2. The molecule has 1 saturated heterocycles. The Labute approximate surface area is 166 Å². The van der Waals surface area contributed by atoms with Crippen LogP contribution in [0.15, 0.2) is 12.3 Å². The van der Waals surface area contributed by atoms with Crippen molar-refractivity contribution in [3.05, 3.63) is 17.0 Å². The van der Waals surface area contributed by atoms with Crippen LogP contribution in [-0.4, -0.2) is 64.3 Å². The molecule has 29 heavy (non-hydrogen) atoms. The Morgan fingerprint density at radius 3 is 2.31 bits per heavy atom. The van der Waals surface area contributed by atoms with Gasteiger partial charge < -0.3 is 40.3 Å². The molecule has 6 atom stereocenters. The summed E-state index contributed by atoms with van der Waals surface area (Å²) in [6, 6.07) is 1.33. The van der Waals surface area contributed by atoms with Crippen molar-refractivity contribution in [1.82, 2.24) is 9.55 Å². The van der Waals surface area contributed by atoms with Crippen LogP contribution >= 0.6 is 35.7 Å². The third-order valence-corrected chi connectivity index (χ3v) is 7.39. The normalized spacial score (nSPS) is 29.3. The SMILES string of the molecule is Nc1ccn([C@@H]2O[C@H](COP(=O)(O)OP(=O)(O)OP(=O)(O)O)C(O)[C@@H]2O)c(=S)n1. The lowest BCUT2D eigenvalue weighted by Gasteiger charge is -2.19. The summed E-state index contributed by atoms with van der Waals surface area (Å²) < 4.78 is 51.4. The maximum Gasteiger partial charge on any atom is 0.490 e. The van der Waals surface area contributed by atoms with Gasteiger partial charge in [-0.05, 0) is 18.3 Å². The fourth-order valence-electron chi connectivity index (χ4n) is 2.19. The Hall–Kier alpha value is -0.610. The minimum atomic E-state index is -5.69. The van der Waals surface area contributed by atoms with Crippen molar-refractivity contribution in [2.24, 2.45) is 0 Å². The summed E-state index contributed by atoms with van der Waals surface area (Å²) in [6.07, 6.45) is -4.65. The second-order valence-corrected chi connectivity index (χ2v) is 10.3. The molecule has 166 valence electrons. The van der Waals surface area contributed by atoms with Crippen LogP contribution in [0.4, 0.5) is 5.82 Å². The quantitative estimate of drug-likeness (QED) is 0.170. The first-order chi connectivity index (χ1) is 13.1. The average molecular weight is 499 g/mol. The van der Waals surface area contributed by atoms with E-state index in [-0.39, 0.29) is 10.6 Å². The van der Waals surface area contributed by atoms with Crippen molar-refractivity contribution < 1.29 is 61.4 Å². The first-order valence-corrected chi connectivity index (χ1v) is 12.2. The second-order valence-electron chi connectivity index (χ2n) is 5.48. The van der Waals surface area contributed by atoms with Gasteiger partial charge in [-0.1, -0.05) is 0 Å². The molecule has 1 aliphatic heterocycles. The predicted molar refractivity (Wildman–Crippen MR) is 93.2 cm³/mol. The maximum atomic E-state index is 11.7. The smallest absolute Gasteiger partial charge is 0.387 e. The predicted octanol–water partition coefficient (Wildman–Crippen LogP) is -0.843. The number of phosphoric ester groups is 1. The molecule has 2 heterocycles. The molecule has 1 aliphatic rings. The van der Waals surface area contributed by atoms with E-state index in [1.165, 1.54) is 12.3 Å². The van der Waals surface area contributed by atoms with Crippen molar-refractivity contribution in [3.63, 3.8) is 0 Å². The van der Waals surface area contributed by atoms with E-state index in [1.807, 2.05) is 0 Å². The van der Waals surface area contributed by atoms with E-state index < -0.39 is 54.6 Å². The molecule has 1 fully saturated rings. The number of rotatable bonds is 8. The van der Waals surface area contributed by atoms with Crippen LogP contribution in [0.1, 0.15) is 6.23 Å². The first kappa shape index (κ1) is 24.7. The molecular weight excluding hydrogens is 483 g/mol. The highest BCUT2D eigenvalue weighted by molar-refractivity contribution is 7.71. The van der Waals surface area contributed by atoms with Crippen molar-refractivity contribution in [2.75, 3.05) is 12.3 Å². The first-order valence-electron chi connectivity index (χ1n) is 7.25. The number of nitrogens with two attached hydrogens (primary N) is 1. The van der Waals surface area contributed by atoms with E-state index in [0.29, 0.717) is 0 Å². The van der Waals surface area contributed by atoms with Gasteiger partial charge in [-0.3, -0.25) is 9.09 Å². The summed E-state index contributed by atoms with van der Waals surface area (Å²) in [6.45, 7) is -0.950. The number of aliphatic hydroxyl groups excluding tert-OH is 2. The third kappa shape index (κ3) is 6.95. The summed E-state index contributed by atoms with van der Waals surface area (Å²) in [5.74, 6) is 0.0866. The molecule has 16 nitrogen and oxygen atoms in total. The van der Waals surface area contributed by atoms with Gasteiger partial charge in [-0.2, -0.15) is 8.62 Å². The molecule has 0 aliphatic carbocycles. The van der Waals surface area contributed by atoms with Gasteiger partial charge in [-0.15, -0.1) is 0 Å². The minimum absolute atomic E-state index is 0.0866. The Morgan fingerprint density at radius 2 is 1.76 bits per heavy atom. The number of ether oxygens (including phenoxy) is 1. The number of phosphoric acid groups is 3. The van der Waals surface area contributed by atoms with Crippen LogP contribution in [0.5, 0.6) is 0 Å². The van der Waals surface area contributed by atoms with E-state index in [1.54, 1.807) is 0 Å². The van der Waals surface area contributed by atoms with Gasteiger partial charge in [0.25, 0.3) is 0 Å². The van der Waals surface area contributed by atoms with E-state index in [9.17, 15) is 28.8 Å². The zero-order valence-corrected chi connectivity index (χ0v) is 17.4. The van der Waals surface area contributed by atoms with E-state index >= 15 is 0 Å². The molecule has 0 bridgehead atoms. The van der Waals surface area contributed by atoms with E-state index in [2.05, 4.69) is 18.1 Å². The second kappa shape index (κ2) is 8.86. The Kier molecular flexibility index (Phi) is 7.54. The van der Waals surface area contributed by atoms with Gasteiger partial charge in [0, 0.05) is 6.20 Å². The van der Waals surface area contributed by atoms with Crippen LogP contribution in [0.25, 0.3) is 0 Å². The average Bonchev–Trinajstić information content (AvgIpc) is 2.78. The molecule has 0 radical (unpaired) electrons. The van der Waals surface area contributed by atoms with Crippen molar-refractivity contribution in [3.8, 4) is 0 Å². The summed E-state index contributed by atoms with van der Waals surface area (Å²) >= 11 is 4.96. The third-order valence-electron chi connectivity index (χ3n) is 3.28. The van der Waals surface area contributed by atoms with Gasteiger partial charge in [0.15, 0.2) is 6.23 Å². The Morgan fingerprint density at radius 1 is 1.14 bits per heavy atom. The van der Waals surface area contributed by atoms with Crippen LogP contribution in [0.2, 0.25) is 0 Å². The summed E-state index contributed by atoms with van der Waals surface area (Å²) in [5.41, 5.74) is 5.46. The van der Waals surface area contributed by atoms with Gasteiger partial charge in [0.05, 0.1) is 6.61 Å². The number of nitrogens with zero attached hydrogens (tertiary/aromatic N) is 2. The lowest BCUT2D eigenvalue weighted by atomic mass is 10.1. The highest BCUT2D eigenvalue weighted by Crippen LogP contribution is 2.66. The molecule has 0 amide bonds. The standard InChI is InChI=1S/C9H16N3O13P3S/c10-5-1-2-12(9(29)11-5)8-7(14)6(13)4(23-8)3-22-27(18,19)25-28(20,21)24-26(15,16)17/h1-2,4,6-8,13-14H,3H2,(H,18,19)(H,20,21)(H2,10,11,29)(H2,15,16,17)/t4-,6?,7+,8-/m1/s1. The van der Waals surface area contributed by atoms with Gasteiger partial charge >= 0.3 is 23.5 Å². The van der Waals surface area contributed by atoms with Crippen molar-refractivity contribution >= 4 is 41.5 Å². The van der Waals surface area contributed by atoms with Crippen molar-refractivity contribution in [2.45, 2.75) is 24.5 Å². The zero-order valence-electron chi connectivity index (χ0n) is 13.9. The number of hydrogen-bond donors (Lipinski definition) is 7. The molecule has 2 rings (SSSR count). The molecular formula is C9H16N3O13P3S. The number of nitrogen functional groups attached to an aromatic ring is 1. The van der Waals surface area contributed by atoms with Crippen LogP contribution in [0, 0.1) is 4.77 Å². The summed E-state index contributed by atoms with van der Waals surface area (Å²) in [4.78, 5) is 39.2. The fourth-order valence-corrected chi connectivity index (χ4v) is 5.49. The summed E-state index contributed by atoms with van der Waals surface area (Å²) in [7, 11) is -16.6. The molecule has 3 unspecified atom stereocenters. The molecule has 0 saturated carbocycles. The number of hydrogen-bond acceptors (Lipinski definition) is 12. The van der Waals surface area contributed by atoms with Crippen LogP contribution in [0.3, 0.4) is 0 Å². The molecule has 0 aromatic carbocycles. The maximum absolute atomic E-state index is 11.7.